The van der Waals surface area contributed by atoms with Crippen LogP contribution in [-0.2, 0) is 13.6 Å². The summed E-state index contributed by atoms with van der Waals surface area (Å²) < 4.78 is 3.15. The van der Waals surface area contributed by atoms with Gasteiger partial charge in [0.05, 0.1) is 11.0 Å². The van der Waals surface area contributed by atoms with E-state index >= 15 is 0 Å². The number of aromatic nitrogens is 2. The largest absolute Gasteiger partial charge is 0.327 e. The lowest BCUT2D eigenvalue weighted by Crippen LogP contribution is -1.97. The Labute approximate surface area is 120 Å². The fraction of sp³-hybridized carbons (Fsp3) is 0.133. The molecule has 3 aromatic rings. The third-order valence-electron chi connectivity index (χ3n) is 3.30. The maximum atomic E-state index is 5.70. The number of hydrogen-bond donors (Lipinski definition) is 1. The van der Waals surface area contributed by atoms with E-state index in [2.05, 4.69) is 32.6 Å². The highest BCUT2D eigenvalue weighted by Gasteiger charge is 2.12. The Hall–Kier alpha value is -1.65. The van der Waals surface area contributed by atoms with Gasteiger partial charge < -0.3 is 10.3 Å². The summed E-state index contributed by atoms with van der Waals surface area (Å²) in [6.45, 7) is 0.547. The van der Waals surface area contributed by atoms with Crippen LogP contribution < -0.4 is 5.73 Å². The molecule has 0 aliphatic heterocycles. The molecule has 2 N–H and O–H groups in total. The van der Waals surface area contributed by atoms with Gasteiger partial charge in [-0.3, -0.25) is 0 Å². The molecule has 1 aromatic heterocycles. The molecule has 0 amide bonds. The number of hydrogen-bond acceptors (Lipinski definition) is 2. The summed E-state index contributed by atoms with van der Waals surface area (Å²) in [5.74, 6) is 0.955. The van der Waals surface area contributed by atoms with E-state index in [-0.39, 0.29) is 0 Å². The highest BCUT2D eigenvalue weighted by Crippen LogP contribution is 2.29. The molecule has 1 heterocycles. The van der Waals surface area contributed by atoms with Gasteiger partial charge in [0.1, 0.15) is 5.82 Å². The molecule has 3 rings (SSSR count). The number of nitrogens with two attached hydrogens (primary N) is 1. The molecule has 0 aliphatic rings. The van der Waals surface area contributed by atoms with Crippen molar-refractivity contribution in [2.45, 2.75) is 6.54 Å². The van der Waals surface area contributed by atoms with Gasteiger partial charge in [-0.1, -0.05) is 40.2 Å². The summed E-state index contributed by atoms with van der Waals surface area (Å²) in [7, 11) is 2.03. The van der Waals surface area contributed by atoms with E-state index in [9.17, 15) is 0 Å². The highest BCUT2D eigenvalue weighted by molar-refractivity contribution is 9.10. The van der Waals surface area contributed by atoms with Crippen LogP contribution in [0.3, 0.4) is 0 Å². The average Bonchev–Trinajstić information content (AvgIpc) is 2.76. The number of fused-ring (bicyclic) bond motifs is 1. The van der Waals surface area contributed by atoms with Gasteiger partial charge in [-0.2, -0.15) is 0 Å². The van der Waals surface area contributed by atoms with E-state index in [0.29, 0.717) is 6.54 Å². The minimum absolute atomic E-state index is 0.547. The third-order valence-corrected chi connectivity index (χ3v) is 3.99. The van der Waals surface area contributed by atoms with E-state index in [0.717, 1.165) is 32.5 Å². The van der Waals surface area contributed by atoms with E-state index in [1.807, 2.05) is 37.4 Å². The van der Waals surface area contributed by atoms with E-state index in [1.54, 1.807) is 0 Å². The Bertz CT molecular complexity index is 746. The Morgan fingerprint density at radius 1 is 1.21 bits per heavy atom. The molecule has 4 heteroatoms. The molecule has 0 fully saturated rings. The van der Waals surface area contributed by atoms with Gasteiger partial charge in [0, 0.05) is 23.6 Å². The molecule has 0 aliphatic carbocycles. The molecule has 0 atom stereocenters. The normalized spacial score (nSPS) is 11.1. The first kappa shape index (κ1) is 12.4. The minimum atomic E-state index is 0.547. The zero-order valence-electron chi connectivity index (χ0n) is 10.6. The zero-order valence-corrected chi connectivity index (χ0v) is 12.2. The Balaban J connectivity index is 2.26. The molecule has 0 saturated heterocycles. The fourth-order valence-corrected chi connectivity index (χ4v) is 2.71. The van der Waals surface area contributed by atoms with Crippen molar-refractivity contribution in [3.63, 3.8) is 0 Å². The van der Waals surface area contributed by atoms with Gasteiger partial charge in [-0.15, -0.1) is 0 Å². The van der Waals surface area contributed by atoms with Crippen LogP contribution in [0.2, 0.25) is 0 Å². The predicted octanol–water partition coefficient (Wildman–Crippen LogP) is 3.46. The Morgan fingerprint density at radius 3 is 2.74 bits per heavy atom. The summed E-state index contributed by atoms with van der Waals surface area (Å²) in [6, 6.07) is 14.3. The van der Waals surface area contributed by atoms with Gasteiger partial charge in [-0.25, -0.2) is 4.98 Å². The maximum Gasteiger partial charge on any atom is 0.142 e. The number of rotatable bonds is 2. The summed E-state index contributed by atoms with van der Waals surface area (Å²) in [5, 5.41) is 0. The van der Waals surface area contributed by atoms with Crippen molar-refractivity contribution >= 4 is 27.0 Å². The summed E-state index contributed by atoms with van der Waals surface area (Å²) >= 11 is 3.58. The van der Waals surface area contributed by atoms with Crippen LogP contribution in [0.25, 0.3) is 22.4 Å². The summed E-state index contributed by atoms with van der Waals surface area (Å²) in [5.41, 5.74) is 10.0. The van der Waals surface area contributed by atoms with Gasteiger partial charge in [-0.05, 0) is 23.8 Å². The van der Waals surface area contributed by atoms with Crippen molar-refractivity contribution in [3.05, 3.63) is 52.5 Å². The first-order valence-electron chi connectivity index (χ1n) is 6.11. The van der Waals surface area contributed by atoms with Crippen LogP contribution in [0, 0.1) is 0 Å². The predicted molar refractivity (Wildman–Crippen MR) is 81.7 cm³/mol. The van der Waals surface area contributed by atoms with Crippen molar-refractivity contribution in [2.75, 3.05) is 0 Å². The van der Waals surface area contributed by atoms with Crippen LogP contribution in [-0.4, -0.2) is 9.55 Å². The van der Waals surface area contributed by atoms with Gasteiger partial charge in [0.15, 0.2) is 0 Å². The lowest BCUT2D eigenvalue weighted by molar-refractivity contribution is 0.955. The number of benzene rings is 2. The summed E-state index contributed by atoms with van der Waals surface area (Å²) in [6.07, 6.45) is 0. The quantitative estimate of drug-likeness (QED) is 0.787. The molecule has 0 radical (unpaired) electrons. The third kappa shape index (κ3) is 2.07. The summed E-state index contributed by atoms with van der Waals surface area (Å²) in [4.78, 5) is 4.71. The van der Waals surface area contributed by atoms with Gasteiger partial charge in [0.2, 0.25) is 0 Å². The van der Waals surface area contributed by atoms with E-state index in [1.165, 1.54) is 0 Å². The van der Waals surface area contributed by atoms with Crippen molar-refractivity contribution in [1.82, 2.24) is 9.55 Å². The molecule has 0 bridgehead atoms. The standard InChI is InChI=1S/C15H14BrN3/c1-19-14-8-10(9-17)6-7-13(14)18-15(19)11-4-2-3-5-12(11)16/h2-8H,9,17H2,1H3. The second-order valence-electron chi connectivity index (χ2n) is 4.50. The SMILES string of the molecule is Cn1c(-c2ccccc2Br)nc2ccc(CN)cc21. The van der Waals surface area contributed by atoms with Crippen molar-refractivity contribution < 1.29 is 0 Å². The topological polar surface area (TPSA) is 43.8 Å². The molecular weight excluding hydrogens is 302 g/mol. The van der Waals surface area contributed by atoms with Crippen LogP contribution >= 0.6 is 15.9 Å². The lowest BCUT2D eigenvalue weighted by Gasteiger charge is -2.04. The van der Waals surface area contributed by atoms with Crippen molar-refractivity contribution in [2.24, 2.45) is 12.8 Å². The van der Waals surface area contributed by atoms with Gasteiger partial charge >= 0.3 is 0 Å². The molecule has 0 spiro atoms. The lowest BCUT2D eigenvalue weighted by atomic mass is 10.2. The molecule has 96 valence electrons. The smallest absolute Gasteiger partial charge is 0.142 e. The highest BCUT2D eigenvalue weighted by atomic mass is 79.9. The molecule has 0 saturated carbocycles. The number of imidazole rings is 1. The van der Waals surface area contributed by atoms with Gasteiger partial charge in [0.25, 0.3) is 0 Å². The van der Waals surface area contributed by atoms with E-state index < -0.39 is 0 Å². The van der Waals surface area contributed by atoms with Crippen LogP contribution in [0.15, 0.2) is 46.9 Å². The van der Waals surface area contributed by atoms with Crippen LogP contribution in [0.1, 0.15) is 5.56 Å². The molecule has 0 unspecified atom stereocenters. The molecular formula is C15H14BrN3. The average molecular weight is 316 g/mol. The van der Waals surface area contributed by atoms with Crippen molar-refractivity contribution in [1.29, 1.82) is 0 Å². The maximum absolute atomic E-state index is 5.70. The zero-order chi connectivity index (χ0) is 13.4. The molecule has 2 aromatic carbocycles. The first-order valence-corrected chi connectivity index (χ1v) is 6.90. The molecule has 3 nitrogen and oxygen atoms in total. The molecule has 19 heavy (non-hydrogen) atoms. The van der Waals surface area contributed by atoms with Crippen LogP contribution in [0.5, 0.6) is 0 Å². The van der Waals surface area contributed by atoms with Crippen LogP contribution in [0.4, 0.5) is 0 Å². The Kier molecular flexibility index (Phi) is 3.12. The van der Waals surface area contributed by atoms with Crippen molar-refractivity contribution in [3.8, 4) is 11.4 Å². The van der Waals surface area contributed by atoms with E-state index in [4.69, 9.17) is 10.7 Å². The second-order valence-corrected chi connectivity index (χ2v) is 5.36. The fourth-order valence-electron chi connectivity index (χ4n) is 2.25. The minimum Gasteiger partial charge on any atom is -0.327 e. The number of nitrogens with zero attached hydrogens (tertiary/aromatic N) is 2. The number of halogens is 1. The number of aryl methyl sites for hydroxylation is 1. The second kappa shape index (κ2) is 4.79. The monoisotopic (exact) mass is 315 g/mol. The Morgan fingerprint density at radius 2 is 2.00 bits per heavy atom. The first-order chi connectivity index (χ1) is 9.20.